The van der Waals surface area contributed by atoms with E-state index < -0.39 is 10.0 Å². The van der Waals surface area contributed by atoms with Gasteiger partial charge in [0.15, 0.2) is 0 Å². The molecule has 0 fully saturated rings. The van der Waals surface area contributed by atoms with Gasteiger partial charge in [0, 0.05) is 16.3 Å². The highest BCUT2D eigenvalue weighted by atomic mass is 32.2. The Balaban J connectivity index is 2.03. The number of thiophene rings is 1. The van der Waals surface area contributed by atoms with Gasteiger partial charge in [0.2, 0.25) is 10.0 Å². The predicted molar refractivity (Wildman–Crippen MR) is 80.1 cm³/mol. The van der Waals surface area contributed by atoms with Crippen molar-refractivity contribution in [3.05, 3.63) is 52.0 Å². The summed E-state index contributed by atoms with van der Waals surface area (Å²) in [6.07, 6.45) is 0.469. The molecule has 21 heavy (non-hydrogen) atoms. The molecule has 0 saturated carbocycles. The molecule has 2 rings (SSSR count). The highest BCUT2D eigenvalue weighted by molar-refractivity contribution is 7.89. The van der Waals surface area contributed by atoms with Crippen molar-refractivity contribution < 1.29 is 17.9 Å². The van der Waals surface area contributed by atoms with Gasteiger partial charge in [-0.25, -0.2) is 17.5 Å². The highest BCUT2D eigenvalue weighted by Crippen LogP contribution is 2.19. The standard InChI is InChI=1S/C14H16FNO3S2/c1-10(6-11-2-4-12(15)5-3-11)16-21(18,19)14-7-13(8-17)20-9-14/h2-5,7,9-10,16-17H,6,8H2,1H3. The number of aliphatic hydroxyl groups is 1. The van der Waals surface area contributed by atoms with Crippen LogP contribution in [0.4, 0.5) is 4.39 Å². The lowest BCUT2D eigenvalue weighted by Gasteiger charge is -2.13. The summed E-state index contributed by atoms with van der Waals surface area (Å²) in [5.74, 6) is -0.318. The largest absolute Gasteiger partial charge is 0.391 e. The fourth-order valence-electron chi connectivity index (χ4n) is 1.93. The first-order chi connectivity index (χ1) is 9.90. The predicted octanol–water partition coefficient (Wildman–Crippen LogP) is 2.29. The van der Waals surface area contributed by atoms with Crippen LogP contribution in [0, 0.1) is 5.82 Å². The summed E-state index contributed by atoms with van der Waals surface area (Å²) >= 11 is 1.20. The molecule has 0 bridgehead atoms. The van der Waals surface area contributed by atoms with Gasteiger partial charge in [-0.3, -0.25) is 0 Å². The van der Waals surface area contributed by atoms with Crippen LogP contribution in [-0.2, 0) is 23.1 Å². The summed E-state index contributed by atoms with van der Waals surface area (Å²) < 4.78 is 39.7. The Morgan fingerprint density at radius 1 is 1.33 bits per heavy atom. The highest BCUT2D eigenvalue weighted by Gasteiger charge is 2.19. The zero-order chi connectivity index (χ0) is 15.5. The van der Waals surface area contributed by atoms with Crippen molar-refractivity contribution in [3.8, 4) is 0 Å². The lowest BCUT2D eigenvalue weighted by molar-refractivity contribution is 0.285. The van der Waals surface area contributed by atoms with E-state index in [-0.39, 0.29) is 23.4 Å². The SMILES string of the molecule is CC(Cc1ccc(F)cc1)NS(=O)(=O)c1csc(CO)c1. The van der Waals surface area contributed by atoms with Crippen molar-refractivity contribution in [1.82, 2.24) is 4.72 Å². The zero-order valence-corrected chi connectivity index (χ0v) is 13.0. The molecule has 1 heterocycles. The lowest BCUT2D eigenvalue weighted by Crippen LogP contribution is -2.33. The molecule has 114 valence electrons. The maximum Gasteiger partial charge on any atom is 0.241 e. The second kappa shape index (κ2) is 6.65. The Kier molecular flexibility index (Phi) is 5.10. The van der Waals surface area contributed by atoms with Crippen molar-refractivity contribution in [2.75, 3.05) is 0 Å². The van der Waals surface area contributed by atoms with Crippen LogP contribution in [0.5, 0.6) is 0 Å². The Labute approximate surface area is 127 Å². The van der Waals surface area contributed by atoms with E-state index in [4.69, 9.17) is 5.11 Å². The summed E-state index contributed by atoms with van der Waals surface area (Å²) in [4.78, 5) is 0.754. The van der Waals surface area contributed by atoms with Gasteiger partial charge in [-0.15, -0.1) is 11.3 Å². The molecule has 0 saturated heterocycles. The average Bonchev–Trinajstić information content (AvgIpc) is 2.90. The molecule has 0 amide bonds. The van der Waals surface area contributed by atoms with Crippen molar-refractivity contribution in [2.45, 2.75) is 30.9 Å². The molecule has 0 aliphatic rings. The van der Waals surface area contributed by atoms with Gasteiger partial charge in [-0.05, 0) is 37.1 Å². The number of aliphatic hydroxyl groups excluding tert-OH is 1. The second-order valence-electron chi connectivity index (χ2n) is 4.76. The number of nitrogens with one attached hydrogen (secondary N) is 1. The molecule has 1 aromatic heterocycles. The Morgan fingerprint density at radius 2 is 2.00 bits per heavy atom. The summed E-state index contributed by atoms with van der Waals surface area (Å²) in [6.45, 7) is 1.57. The van der Waals surface area contributed by atoms with Crippen LogP contribution < -0.4 is 4.72 Å². The monoisotopic (exact) mass is 329 g/mol. The van der Waals surface area contributed by atoms with E-state index in [1.165, 1.54) is 34.9 Å². The van der Waals surface area contributed by atoms with E-state index in [0.29, 0.717) is 11.3 Å². The van der Waals surface area contributed by atoms with Gasteiger partial charge in [-0.2, -0.15) is 0 Å². The number of halogens is 1. The first-order valence-electron chi connectivity index (χ1n) is 6.36. The molecular weight excluding hydrogens is 313 g/mol. The van der Waals surface area contributed by atoms with Gasteiger partial charge in [0.1, 0.15) is 5.82 Å². The van der Waals surface area contributed by atoms with Crippen LogP contribution in [-0.4, -0.2) is 19.6 Å². The summed E-state index contributed by atoms with van der Waals surface area (Å²) in [6, 6.07) is 7.10. The maximum atomic E-state index is 12.8. The fraction of sp³-hybridized carbons (Fsp3) is 0.286. The van der Waals surface area contributed by atoms with E-state index in [1.807, 2.05) is 0 Å². The molecule has 2 aromatic rings. The van der Waals surface area contributed by atoms with Crippen LogP contribution in [0.2, 0.25) is 0 Å². The van der Waals surface area contributed by atoms with Crippen LogP contribution in [0.1, 0.15) is 17.4 Å². The van der Waals surface area contributed by atoms with E-state index in [9.17, 15) is 12.8 Å². The van der Waals surface area contributed by atoms with Crippen LogP contribution in [0.25, 0.3) is 0 Å². The van der Waals surface area contributed by atoms with Gasteiger partial charge < -0.3 is 5.11 Å². The number of rotatable bonds is 6. The quantitative estimate of drug-likeness (QED) is 0.854. The molecule has 0 spiro atoms. The summed E-state index contributed by atoms with van der Waals surface area (Å²) in [7, 11) is -3.60. The van der Waals surface area contributed by atoms with Crippen molar-refractivity contribution in [3.63, 3.8) is 0 Å². The average molecular weight is 329 g/mol. The van der Waals surface area contributed by atoms with Gasteiger partial charge in [0.05, 0.1) is 11.5 Å². The van der Waals surface area contributed by atoms with E-state index >= 15 is 0 Å². The third-order valence-electron chi connectivity index (χ3n) is 2.91. The molecule has 1 unspecified atom stereocenters. The molecule has 1 aromatic carbocycles. The molecule has 4 nitrogen and oxygen atoms in total. The van der Waals surface area contributed by atoms with Crippen molar-refractivity contribution in [2.24, 2.45) is 0 Å². The van der Waals surface area contributed by atoms with Crippen LogP contribution in [0.3, 0.4) is 0 Å². The molecular formula is C14H16FNO3S2. The molecule has 0 aliphatic carbocycles. The minimum absolute atomic E-state index is 0.155. The molecule has 7 heteroatoms. The number of sulfonamides is 1. The number of benzene rings is 1. The van der Waals surface area contributed by atoms with E-state index in [2.05, 4.69) is 4.72 Å². The number of hydrogen-bond acceptors (Lipinski definition) is 4. The van der Waals surface area contributed by atoms with E-state index in [1.54, 1.807) is 19.1 Å². The Morgan fingerprint density at radius 3 is 2.57 bits per heavy atom. The summed E-state index contributed by atoms with van der Waals surface area (Å²) in [5.41, 5.74) is 0.855. The summed E-state index contributed by atoms with van der Waals surface area (Å²) in [5, 5.41) is 10.5. The lowest BCUT2D eigenvalue weighted by atomic mass is 10.1. The normalized spacial score (nSPS) is 13.3. The molecule has 0 radical (unpaired) electrons. The minimum atomic E-state index is -3.60. The van der Waals surface area contributed by atoms with Gasteiger partial charge in [0.25, 0.3) is 0 Å². The maximum absolute atomic E-state index is 12.8. The molecule has 2 N–H and O–H groups in total. The van der Waals surface area contributed by atoms with Gasteiger partial charge in [-0.1, -0.05) is 12.1 Å². The van der Waals surface area contributed by atoms with Crippen molar-refractivity contribution in [1.29, 1.82) is 0 Å². The van der Waals surface area contributed by atoms with Crippen LogP contribution >= 0.6 is 11.3 Å². The Bertz CT molecular complexity index is 695. The zero-order valence-electron chi connectivity index (χ0n) is 11.4. The van der Waals surface area contributed by atoms with Crippen LogP contribution in [0.15, 0.2) is 40.6 Å². The molecule has 0 aliphatic heterocycles. The third-order valence-corrected chi connectivity index (χ3v) is 5.55. The molecule has 1 atom stereocenters. The van der Waals surface area contributed by atoms with Crippen molar-refractivity contribution >= 4 is 21.4 Å². The Hall–Kier alpha value is -1.28. The smallest absolute Gasteiger partial charge is 0.241 e. The minimum Gasteiger partial charge on any atom is -0.391 e. The third kappa shape index (κ3) is 4.34. The topological polar surface area (TPSA) is 66.4 Å². The second-order valence-corrected chi connectivity index (χ2v) is 7.47. The van der Waals surface area contributed by atoms with Gasteiger partial charge >= 0.3 is 0 Å². The fourth-order valence-corrected chi connectivity index (χ4v) is 4.31. The first-order valence-corrected chi connectivity index (χ1v) is 8.72. The number of hydrogen-bond donors (Lipinski definition) is 2. The van der Waals surface area contributed by atoms with E-state index in [0.717, 1.165) is 5.56 Å². The first kappa shape index (κ1) is 16.1.